The van der Waals surface area contributed by atoms with Crippen LogP contribution < -0.4 is 14.8 Å². The molecule has 2 aliphatic heterocycles. The number of hydrogen-bond acceptors (Lipinski definition) is 7. The molecule has 3 aromatic rings. The van der Waals surface area contributed by atoms with Crippen LogP contribution in [-0.2, 0) is 4.74 Å². The van der Waals surface area contributed by atoms with Crippen LogP contribution in [0.2, 0.25) is 0 Å². The smallest absolute Gasteiger partial charge is 0.320 e. The quantitative estimate of drug-likeness (QED) is 0.496. The summed E-state index contributed by atoms with van der Waals surface area (Å²) in [5.74, 6) is 2.03. The molecule has 202 valence electrons. The maximum atomic E-state index is 13.1. The molecule has 38 heavy (non-hydrogen) atoms. The molecule has 0 saturated carbocycles. The standard InChI is InChI=1S/C29H37N5O4/c1-19-16-34(17-20(2)37-19)29(35)33-12-10-23(11-13-33)38-27-14-24-25(15-26(27)36-4)30-18-31-28(24)32-21(3)22-8-6-5-7-9-22/h5-9,14-15,18-21,23H,10-13,16-17H2,1-4H3,(H,30,31,32)/t19?,20?,21-/m1/s1. The second-order valence-corrected chi connectivity index (χ2v) is 10.3. The van der Waals surface area contributed by atoms with E-state index in [1.807, 2.05) is 54.0 Å². The monoisotopic (exact) mass is 519 g/mol. The summed E-state index contributed by atoms with van der Waals surface area (Å²) in [6, 6.07) is 14.3. The van der Waals surface area contributed by atoms with Crippen LogP contribution in [0.15, 0.2) is 48.8 Å². The molecule has 2 saturated heterocycles. The third kappa shape index (κ3) is 5.78. The van der Waals surface area contributed by atoms with Crippen molar-refractivity contribution in [3.05, 3.63) is 54.4 Å². The average molecular weight is 520 g/mol. The van der Waals surface area contributed by atoms with Crippen LogP contribution >= 0.6 is 0 Å². The number of nitrogens with one attached hydrogen (secondary N) is 1. The number of urea groups is 1. The lowest BCUT2D eigenvalue weighted by molar-refractivity contribution is -0.0593. The number of aromatic nitrogens is 2. The first kappa shape index (κ1) is 26.0. The number of fused-ring (bicyclic) bond motifs is 1. The van der Waals surface area contributed by atoms with E-state index in [0.717, 1.165) is 29.6 Å². The van der Waals surface area contributed by atoms with Crippen LogP contribution in [0.4, 0.5) is 10.6 Å². The fourth-order valence-electron chi connectivity index (χ4n) is 5.34. The van der Waals surface area contributed by atoms with Crippen molar-refractivity contribution < 1.29 is 19.0 Å². The second-order valence-electron chi connectivity index (χ2n) is 10.3. The molecule has 5 rings (SSSR count). The van der Waals surface area contributed by atoms with E-state index in [1.54, 1.807) is 13.4 Å². The zero-order valence-corrected chi connectivity index (χ0v) is 22.6. The van der Waals surface area contributed by atoms with Crippen LogP contribution in [0.1, 0.15) is 45.2 Å². The van der Waals surface area contributed by atoms with E-state index in [9.17, 15) is 4.79 Å². The Bertz CT molecular complexity index is 1240. The zero-order chi connectivity index (χ0) is 26.6. The van der Waals surface area contributed by atoms with E-state index in [0.29, 0.717) is 37.7 Å². The van der Waals surface area contributed by atoms with Crippen LogP contribution in [0, 0.1) is 0 Å². The predicted molar refractivity (Wildman–Crippen MR) is 147 cm³/mol. The van der Waals surface area contributed by atoms with Gasteiger partial charge in [0.15, 0.2) is 11.5 Å². The van der Waals surface area contributed by atoms with Crippen molar-refractivity contribution in [2.45, 2.75) is 58.0 Å². The Morgan fingerprint density at radius 2 is 1.74 bits per heavy atom. The molecule has 3 atom stereocenters. The van der Waals surface area contributed by atoms with E-state index in [-0.39, 0.29) is 30.4 Å². The molecule has 1 N–H and O–H groups in total. The van der Waals surface area contributed by atoms with E-state index >= 15 is 0 Å². The number of benzene rings is 2. The van der Waals surface area contributed by atoms with Gasteiger partial charge in [0, 0.05) is 56.5 Å². The molecule has 9 heteroatoms. The summed E-state index contributed by atoms with van der Waals surface area (Å²) < 4.78 is 17.9. The molecule has 2 fully saturated rings. The van der Waals surface area contributed by atoms with Gasteiger partial charge >= 0.3 is 6.03 Å². The molecule has 0 radical (unpaired) electrons. The number of methoxy groups -OCH3 is 1. The molecule has 1 aromatic heterocycles. The maximum absolute atomic E-state index is 13.1. The third-order valence-corrected chi connectivity index (χ3v) is 7.27. The van der Waals surface area contributed by atoms with Gasteiger partial charge in [-0.25, -0.2) is 14.8 Å². The van der Waals surface area contributed by atoms with Crippen LogP contribution in [-0.4, -0.2) is 77.4 Å². The Morgan fingerprint density at radius 1 is 1.03 bits per heavy atom. The van der Waals surface area contributed by atoms with Gasteiger partial charge in [0.2, 0.25) is 0 Å². The van der Waals surface area contributed by atoms with Gasteiger partial charge in [-0.2, -0.15) is 0 Å². The molecule has 9 nitrogen and oxygen atoms in total. The van der Waals surface area contributed by atoms with E-state index in [1.165, 1.54) is 5.56 Å². The molecule has 2 unspecified atom stereocenters. The molecular formula is C29H37N5O4. The molecule has 2 aromatic carbocycles. The van der Waals surface area contributed by atoms with Crippen molar-refractivity contribution >= 4 is 22.8 Å². The number of amides is 2. The fourth-order valence-corrected chi connectivity index (χ4v) is 5.34. The summed E-state index contributed by atoms with van der Waals surface area (Å²) in [6.45, 7) is 8.72. The molecule has 2 amide bonds. The first-order valence-corrected chi connectivity index (χ1v) is 13.4. The molecule has 0 bridgehead atoms. The number of piperidine rings is 1. The minimum Gasteiger partial charge on any atom is -0.493 e. The number of rotatable bonds is 6. The number of morpholine rings is 1. The summed E-state index contributed by atoms with van der Waals surface area (Å²) in [7, 11) is 1.64. The van der Waals surface area contributed by atoms with Crippen molar-refractivity contribution in [1.29, 1.82) is 0 Å². The Labute approximate surface area is 224 Å². The topological polar surface area (TPSA) is 89.1 Å². The molecule has 3 heterocycles. The lowest BCUT2D eigenvalue weighted by Crippen LogP contribution is -2.54. The number of ether oxygens (including phenoxy) is 3. The zero-order valence-electron chi connectivity index (χ0n) is 22.6. The lowest BCUT2D eigenvalue weighted by atomic mass is 10.1. The minimum atomic E-state index is -0.0165. The van der Waals surface area contributed by atoms with Gasteiger partial charge in [0.05, 0.1) is 24.8 Å². The van der Waals surface area contributed by atoms with E-state index in [4.69, 9.17) is 14.2 Å². The van der Waals surface area contributed by atoms with Crippen molar-refractivity contribution in [2.75, 3.05) is 38.6 Å². The largest absolute Gasteiger partial charge is 0.493 e. The number of anilines is 1. The van der Waals surface area contributed by atoms with Crippen molar-refractivity contribution in [3.63, 3.8) is 0 Å². The predicted octanol–water partition coefficient (Wildman–Crippen LogP) is 4.88. The van der Waals surface area contributed by atoms with Gasteiger partial charge in [-0.15, -0.1) is 0 Å². The highest BCUT2D eigenvalue weighted by Gasteiger charge is 2.32. The Balaban J connectivity index is 1.28. The van der Waals surface area contributed by atoms with Crippen molar-refractivity contribution in [2.24, 2.45) is 0 Å². The average Bonchev–Trinajstić information content (AvgIpc) is 2.93. The normalized spacial score (nSPS) is 21.3. The first-order valence-electron chi connectivity index (χ1n) is 13.4. The Hall–Kier alpha value is -3.59. The highest BCUT2D eigenvalue weighted by molar-refractivity contribution is 5.91. The number of nitrogens with zero attached hydrogens (tertiary/aromatic N) is 4. The summed E-state index contributed by atoms with van der Waals surface area (Å²) in [6.07, 6.45) is 3.17. The van der Waals surface area contributed by atoms with Gasteiger partial charge in [-0.1, -0.05) is 30.3 Å². The van der Waals surface area contributed by atoms with Gasteiger partial charge in [-0.05, 0) is 32.4 Å². The van der Waals surface area contributed by atoms with Crippen molar-refractivity contribution in [1.82, 2.24) is 19.8 Å². The fraction of sp³-hybridized carbons (Fsp3) is 0.483. The lowest BCUT2D eigenvalue weighted by Gasteiger charge is -2.40. The minimum absolute atomic E-state index is 0.0165. The highest BCUT2D eigenvalue weighted by Crippen LogP contribution is 2.36. The summed E-state index contributed by atoms with van der Waals surface area (Å²) >= 11 is 0. The van der Waals surface area contributed by atoms with Crippen molar-refractivity contribution in [3.8, 4) is 11.5 Å². The first-order chi connectivity index (χ1) is 18.4. The third-order valence-electron chi connectivity index (χ3n) is 7.27. The number of hydrogen-bond donors (Lipinski definition) is 1. The van der Waals surface area contributed by atoms with Gasteiger partial charge in [0.1, 0.15) is 18.2 Å². The summed E-state index contributed by atoms with van der Waals surface area (Å²) in [5.41, 5.74) is 1.95. The highest BCUT2D eigenvalue weighted by atomic mass is 16.5. The summed E-state index contributed by atoms with van der Waals surface area (Å²) in [5, 5.41) is 4.39. The molecule has 0 aliphatic carbocycles. The molecular weight excluding hydrogens is 482 g/mol. The number of likely N-dealkylation sites (tertiary alicyclic amines) is 1. The second kappa shape index (κ2) is 11.4. The molecule has 0 spiro atoms. The number of carbonyl (C=O) groups excluding carboxylic acids is 1. The van der Waals surface area contributed by atoms with Gasteiger partial charge in [0.25, 0.3) is 0 Å². The van der Waals surface area contributed by atoms with Crippen LogP contribution in [0.25, 0.3) is 10.9 Å². The Kier molecular flexibility index (Phi) is 7.83. The number of carbonyl (C=O) groups is 1. The van der Waals surface area contributed by atoms with Gasteiger partial charge < -0.3 is 29.3 Å². The summed E-state index contributed by atoms with van der Waals surface area (Å²) in [4.78, 5) is 25.9. The van der Waals surface area contributed by atoms with E-state index in [2.05, 4.69) is 34.3 Å². The maximum Gasteiger partial charge on any atom is 0.320 e. The molecule has 2 aliphatic rings. The van der Waals surface area contributed by atoms with Gasteiger partial charge in [-0.3, -0.25) is 0 Å². The SMILES string of the molecule is COc1cc2ncnc(N[C@H](C)c3ccccc3)c2cc1OC1CCN(C(=O)N2CC(C)OC(C)C2)CC1. The Morgan fingerprint density at radius 3 is 2.42 bits per heavy atom. The van der Waals surface area contributed by atoms with E-state index < -0.39 is 0 Å². The van der Waals surface area contributed by atoms with Crippen LogP contribution in [0.3, 0.4) is 0 Å². The van der Waals surface area contributed by atoms with Crippen LogP contribution in [0.5, 0.6) is 11.5 Å².